The fourth-order valence-corrected chi connectivity index (χ4v) is 1.41. The zero-order chi connectivity index (χ0) is 12.1. The van der Waals surface area contributed by atoms with Crippen molar-refractivity contribution in [1.82, 2.24) is 9.88 Å². The number of rotatable bonds is 4. The van der Waals surface area contributed by atoms with Crippen molar-refractivity contribution < 1.29 is 15.0 Å². The minimum absolute atomic E-state index is 0.0496. The predicted octanol–water partition coefficient (Wildman–Crippen LogP) is 0.160. The monoisotopic (exact) mass is 244 g/mol. The molecule has 0 fully saturated rings. The fraction of sp³-hybridized carbons (Fsp3) is 0.400. The number of aliphatic hydroxyl groups is 2. The Bertz CT molecular complexity index is 373. The van der Waals surface area contributed by atoms with Crippen LogP contribution in [0.4, 0.5) is 0 Å². The number of likely N-dealkylation sites (N-methyl/N-ethyl adjacent to an activating group) is 1. The van der Waals surface area contributed by atoms with Crippen molar-refractivity contribution in [1.29, 1.82) is 0 Å². The molecule has 1 atom stereocenters. The van der Waals surface area contributed by atoms with E-state index in [9.17, 15) is 9.90 Å². The van der Waals surface area contributed by atoms with Crippen molar-refractivity contribution in [3.63, 3.8) is 0 Å². The second kappa shape index (κ2) is 5.79. The van der Waals surface area contributed by atoms with Gasteiger partial charge in [0.25, 0.3) is 5.91 Å². The van der Waals surface area contributed by atoms with E-state index >= 15 is 0 Å². The number of nitrogens with zero attached hydrogens (tertiary/aromatic N) is 2. The molecule has 0 aliphatic rings. The van der Waals surface area contributed by atoms with Gasteiger partial charge in [0.05, 0.1) is 23.3 Å². The van der Waals surface area contributed by atoms with Crippen LogP contribution in [0.15, 0.2) is 18.5 Å². The zero-order valence-corrected chi connectivity index (χ0v) is 9.55. The maximum absolute atomic E-state index is 11.8. The molecule has 1 heterocycles. The van der Waals surface area contributed by atoms with Gasteiger partial charge in [0, 0.05) is 26.0 Å². The van der Waals surface area contributed by atoms with Crippen molar-refractivity contribution in [3.8, 4) is 0 Å². The number of carbonyl (C=O) groups is 1. The van der Waals surface area contributed by atoms with E-state index in [0.29, 0.717) is 5.56 Å². The van der Waals surface area contributed by atoms with E-state index in [0.717, 1.165) is 0 Å². The van der Waals surface area contributed by atoms with Crippen LogP contribution in [-0.4, -0.2) is 52.3 Å². The van der Waals surface area contributed by atoms with Crippen LogP contribution in [0.3, 0.4) is 0 Å². The lowest BCUT2D eigenvalue weighted by molar-refractivity contribution is 0.0520. The van der Waals surface area contributed by atoms with E-state index in [4.69, 9.17) is 16.7 Å². The molecular formula is C10H13ClN2O3. The molecule has 0 aliphatic carbocycles. The molecule has 0 radical (unpaired) electrons. The molecule has 0 saturated heterocycles. The Morgan fingerprint density at radius 3 is 2.94 bits per heavy atom. The molecule has 2 N–H and O–H groups in total. The molecule has 16 heavy (non-hydrogen) atoms. The van der Waals surface area contributed by atoms with Gasteiger partial charge in [-0.25, -0.2) is 0 Å². The number of hydrogen-bond acceptors (Lipinski definition) is 4. The highest BCUT2D eigenvalue weighted by Crippen LogP contribution is 2.15. The summed E-state index contributed by atoms with van der Waals surface area (Å²) in [6.07, 6.45) is 1.90. The van der Waals surface area contributed by atoms with Crippen LogP contribution in [0.1, 0.15) is 10.4 Å². The highest BCUT2D eigenvalue weighted by molar-refractivity contribution is 6.33. The van der Waals surface area contributed by atoms with Crippen molar-refractivity contribution in [3.05, 3.63) is 29.0 Å². The minimum atomic E-state index is -0.949. The van der Waals surface area contributed by atoms with Crippen LogP contribution in [0, 0.1) is 0 Å². The number of carbonyl (C=O) groups excluding carboxylic acids is 1. The minimum Gasteiger partial charge on any atom is -0.394 e. The molecule has 6 heteroatoms. The Hall–Kier alpha value is -1.17. The van der Waals surface area contributed by atoms with E-state index in [1.807, 2.05) is 0 Å². The van der Waals surface area contributed by atoms with Crippen LogP contribution in [0.2, 0.25) is 5.02 Å². The van der Waals surface area contributed by atoms with Crippen LogP contribution in [0.5, 0.6) is 0 Å². The topological polar surface area (TPSA) is 73.7 Å². The maximum atomic E-state index is 11.8. The predicted molar refractivity (Wildman–Crippen MR) is 59.3 cm³/mol. The Balaban J connectivity index is 2.75. The molecule has 0 aromatic carbocycles. The van der Waals surface area contributed by atoms with Gasteiger partial charge in [-0.2, -0.15) is 0 Å². The third-order valence-electron chi connectivity index (χ3n) is 2.04. The summed E-state index contributed by atoms with van der Waals surface area (Å²) >= 11 is 5.81. The first-order chi connectivity index (χ1) is 7.56. The molecule has 1 aromatic heterocycles. The summed E-state index contributed by atoms with van der Waals surface area (Å²) in [5, 5.41) is 18.1. The first-order valence-corrected chi connectivity index (χ1v) is 5.08. The van der Waals surface area contributed by atoms with Crippen molar-refractivity contribution in [2.75, 3.05) is 20.2 Å². The van der Waals surface area contributed by atoms with Gasteiger partial charge in [0.15, 0.2) is 0 Å². The Labute approximate surface area is 98.3 Å². The highest BCUT2D eigenvalue weighted by atomic mass is 35.5. The zero-order valence-electron chi connectivity index (χ0n) is 8.80. The Kier molecular flexibility index (Phi) is 4.67. The molecule has 1 amide bonds. The highest BCUT2D eigenvalue weighted by Gasteiger charge is 2.17. The van der Waals surface area contributed by atoms with Crippen LogP contribution in [0.25, 0.3) is 0 Å². The average Bonchev–Trinajstić information content (AvgIpc) is 2.28. The standard InChI is InChI=1S/C10H13ClN2O3/c1-13(5-7(15)6-14)10(16)8-2-3-12-4-9(8)11/h2-4,7,14-15H,5-6H2,1H3/t7-/m0/s1. The molecule has 1 aromatic rings. The SMILES string of the molecule is CN(C[C@H](O)CO)C(=O)c1ccncc1Cl. The lowest BCUT2D eigenvalue weighted by Crippen LogP contribution is -2.36. The number of aromatic nitrogens is 1. The first kappa shape index (κ1) is 12.9. The molecule has 0 saturated carbocycles. The third kappa shape index (κ3) is 3.16. The molecule has 88 valence electrons. The summed E-state index contributed by atoms with van der Waals surface area (Å²) in [7, 11) is 1.53. The van der Waals surface area contributed by atoms with Gasteiger partial charge >= 0.3 is 0 Å². The second-order valence-electron chi connectivity index (χ2n) is 3.38. The molecule has 1 rings (SSSR count). The van der Waals surface area contributed by atoms with Crippen molar-refractivity contribution in [2.45, 2.75) is 6.10 Å². The molecule has 0 unspecified atom stereocenters. The number of pyridine rings is 1. The number of hydrogen-bond donors (Lipinski definition) is 2. The van der Waals surface area contributed by atoms with Gasteiger partial charge in [0.1, 0.15) is 0 Å². The van der Waals surface area contributed by atoms with Gasteiger partial charge in [0.2, 0.25) is 0 Å². The Morgan fingerprint density at radius 1 is 1.69 bits per heavy atom. The lowest BCUT2D eigenvalue weighted by Gasteiger charge is -2.20. The molecule has 0 aliphatic heterocycles. The van der Waals surface area contributed by atoms with Crippen molar-refractivity contribution >= 4 is 17.5 Å². The van der Waals surface area contributed by atoms with Gasteiger partial charge < -0.3 is 15.1 Å². The third-order valence-corrected chi connectivity index (χ3v) is 2.35. The molecule has 0 spiro atoms. The summed E-state index contributed by atoms with van der Waals surface area (Å²) in [6.45, 7) is -0.338. The van der Waals surface area contributed by atoms with Gasteiger partial charge in [-0.1, -0.05) is 11.6 Å². The van der Waals surface area contributed by atoms with Crippen LogP contribution >= 0.6 is 11.6 Å². The van der Waals surface area contributed by atoms with E-state index in [2.05, 4.69) is 4.98 Å². The average molecular weight is 245 g/mol. The molecular weight excluding hydrogens is 232 g/mol. The number of halogens is 1. The van der Waals surface area contributed by atoms with Gasteiger partial charge in [-0.05, 0) is 6.07 Å². The van der Waals surface area contributed by atoms with Gasteiger partial charge in [-0.15, -0.1) is 0 Å². The number of aliphatic hydroxyl groups excluding tert-OH is 2. The summed E-state index contributed by atoms with van der Waals surface area (Å²) < 4.78 is 0. The van der Waals surface area contributed by atoms with Gasteiger partial charge in [-0.3, -0.25) is 9.78 Å². The van der Waals surface area contributed by atoms with E-state index in [-0.39, 0.29) is 24.1 Å². The van der Waals surface area contributed by atoms with E-state index < -0.39 is 6.10 Å². The fourth-order valence-electron chi connectivity index (χ4n) is 1.21. The van der Waals surface area contributed by atoms with E-state index in [1.54, 1.807) is 0 Å². The maximum Gasteiger partial charge on any atom is 0.255 e. The van der Waals surface area contributed by atoms with Crippen LogP contribution < -0.4 is 0 Å². The summed E-state index contributed by atoms with van der Waals surface area (Å²) in [5.41, 5.74) is 0.323. The smallest absolute Gasteiger partial charge is 0.255 e. The Morgan fingerprint density at radius 2 is 2.38 bits per heavy atom. The summed E-state index contributed by atoms with van der Waals surface area (Å²) in [6, 6.07) is 1.51. The number of amides is 1. The quantitative estimate of drug-likeness (QED) is 0.791. The summed E-state index contributed by atoms with van der Waals surface area (Å²) in [4.78, 5) is 16.9. The van der Waals surface area contributed by atoms with Crippen molar-refractivity contribution in [2.24, 2.45) is 0 Å². The normalized spacial score (nSPS) is 12.2. The van der Waals surface area contributed by atoms with Crippen LogP contribution in [-0.2, 0) is 0 Å². The molecule has 5 nitrogen and oxygen atoms in total. The second-order valence-corrected chi connectivity index (χ2v) is 3.78. The lowest BCUT2D eigenvalue weighted by atomic mass is 10.2. The molecule has 0 bridgehead atoms. The first-order valence-electron chi connectivity index (χ1n) is 4.70. The largest absolute Gasteiger partial charge is 0.394 e. The van der Waals surface area contributed by atoms with E-state index in [1.165, 1.54) is 30.4 Å². The summed E-state index contributed by atoms with van der Waals surface area (Å²) in [5.74, 6) is -0.320.